The second-order valence-corrected chi connectivity index (χ2v) is 9.07. The number of anilines is 1. The third kappa shape index (κ3) is 6.07. The molecule has 1 aliphatic heterocycles. The van der Waals surface area contributed by atoms with Crippen LogP contribution in [-0.4, -0.2) is 71.6 Å². The fourth-order valence-electron chi connectivity index (χ4n) is 3.10. The number of carbonyl (C=O) groups excluding carboxylic acids is 2. The zero-order chi connectivity index (χ0) is 21.4. The van der Waals surface area contributed by atoms with Crippen LogP contribution in [0.1, 0.15) is 36.5 Å². The predicted octanol–water partition coefficient (Wildman–Crippen LogP) is 1.40. The molecule has 2 amide bonds. The van der Waals surface area contributed by atoms with Crippen molar-refractivity contribution in [2.24, 2.45) is 0 Å². The molecule has 0 bridgehead atoms. The van der Waals surface area contributed by atoms with Gasteiger partial charge in [0.1, 0.15) is 0 Å². The maximum Gasteiger partial charge on any atom is 0.407 e. The second-order valence-electron chi connectivity index (χ2n) is 6.92. The van der Waals surface area contributed by atoms with Gasteiger partial charge in [0.15, 0.2) is 0 Å². The molecule has 29 heavy (non-hydrogen) atoms. The maximum absolute atomic E-state index is 12.8. The van der Waals surface area contributed by atoms with Crippen molar-refractivity contribution >= 4 is 27.7 Å². The Hall–Kier alpha value is -2.33. The van der Waals surface area contributed by atoms with Crippen LogP contribution in [0.4, 0.5) is 10.5 Å². The van der Waals surface area contributed by atoms with Gasteiger partial charge in [-0.25, -0.2) is 17.5 Å². The number of benzene rings is 1. The molecule has 1 aromatic carbocycles. The topological polar surface area (TPSA) is 108 Å². The Balaban J connectivity index is 2.20. The Morgan fingerprint density at radius 1 is 1.10 bits per heavy atom. The Morgan fingerprint density at radius 3 is 2.38 bits per heavy atom. The van der Waals surface area contributed by atoms with Crippen molar-refractivity contribution in [2.45, 2.75) is 31.1 Å². The number of amides is 2. The summed E-state index contributed by atoms with van der Waals surface area (Å²) >= 11 is 0. The molecule has 1 saturated heterocycles. The highest BCUT2D eigenvalue weighted by Gasteiger charge is 2.24. The number of carbonyl (C=O) groups is 2. The highest BCUT2D eigenvalue weighted by molar-refractivity contribution is 7.89. The normalized spacial score (nSPS) is 14.6. The minimum Gasteiger partial charge on any atom is -0.450 e. The Labute approximate surface area is 172 Å². The summed E-state index contributed by atoms with van der Waals surface area (Å²) < 4.78 is 30.9. The number of piperidine rings is 1. The van der Waals surface area contributed by atoms with E-state index in [-0.39, 0.29) is 30.5 Å². The monoisotopic (exact) mass is 426 g/mol. The maximum atomic E-state index is 12.8. The van der Waals surface area contributed by atoms with Gasteiger partial charge < -0.3 is 20.3 Å². The molecule has 1 aromatic rings. The average Bonchev–Trinajstić information content (AvgIpc) is 2.71. The Kier molecular flexibility index (Phi) is 8.27. The third-order valence-electron chi connectivity index (χ3n) is 4.64. The van der Waals surface area contributed by atoms with E-state index in [9.17, 15) is 18.0 Å². The predicted molar refractivity (Wildman–Crippen MR) is 111 cm³/mol. The number of nitrogens with one attached hydrogen (secondary N) is 2. The number of ether oxygens (including phenoxy) is 1. The van der Waals surface area contributed by atoms with E-state index < -0.39 is 16.1 Å². The molecule has 0 aromatic heterocycles. The first-order valence-electron chi connectivity index (χ1n) is 9.77. The summed E-state index contributed by atoms with van der Waals surface area (Å²) in [4.78, 5) is 26.3. The lowest BCUT2D eigenvalue weighted by Gasteiger charge is -2.30. The van der Waals surface area contributed by atoms with E-state index in [4.69, 9.17) is 4.74 Å². The van der Waals surface area contributed by atoms with Crippen LogP contribution in [0.5, 0.6) is 0 Å². The van der Waals surface area contributed by atoms with Gasteiger partial charge in [-0.15, -0.1) is 0 Å². The molecule has 1 fully saturated rings. The molecule has 0 saturated carbocycles. The summed E-state index contributed by atoms with van der Waals surface area (Å²) in [5.74, 6) is -0.382. The fourth-order valence-corrected chi connectivity index (χ4v) is 4.03. The first kappa shape index (κ1) is 23.0. The van der Waals surface area contributed by atoms with Crippen LogP contribution in [-0.2, 0) is 14.8 Å². The molecule has 0 unspecified atom stereocenters. The van der Waals surface area contributed by atoms with Gasteiger partial charge in [0.2, 0.25) is 10.0 Å². The van der Waals surface area contributed by atoms with Gasteiger partial charge in [-0.1, -0.05) is 0 Å². The number of hydrogen-bond donors (Lipinski definition) is 2. The SMILES string of the molecule is CCOC(=O)NCCNC(=O)c1cc(S(=O)(=O)N(C)C)ccc1N1CCCCC1. The van der Waals surface area contributed by atoms with Crippen molar-refractivity contribution in [3.8, 4) is 0 Å². The number of nitrogens with zero attached hydrogens (tertiary/aromatic N) is 2. The lowest BCUT2D eigenvalue weighted by molar-refractivity contribution is 0.0952. The Bertz CT molecular complexity index is 820. The molecule has 10 heteroatoms. The van der Waals surface area contributed by atoms with Gasteiger partial charge in [0, 0.05) is 46.0 Å². The fraction of sp³-hybridized carbons (Fsp3) is 0.579. The molecular weight excluding hydrogens is 396 g/mol. The summed E-state index contributed by atoms with van der Waals surface area (Å²) in [6, 6.07) is 4.67. The largest absolute Gasteiger partial charge is 0.450 e. The van der Waals surface area contributed by atoms with Gasteiger partial charge in [-0.2, -0.15) is 0 Å². The van der Waals surface area contributed by atoms with E-state index >= 15 is 0 Å². The zero-order valence-corrected chi connectivity index (χ0v) is 18.0. The average molecular weight is 427 g/mol. The van der Waals surface area contributed by atoms with Gasteiger partial charge in [0.25, 0.3) is 5.91 Å². The van der Waals surface area contributed by atoms with Crippen LogP contribution in [0.2, 0.25) is 0 Å². The highest BCUT2D eigenvalue weighted by atomic mass is 32.2. The van der Waals surface area contributed by atoms with Crippen LogP contribution in [0.15, 0.2) is 23.1 Å². The van der Waals surface area contributed by atoms with Crippen molar-refractivity contribution in [3.63, 3.8) is 0 Å². The molecular formula is C19H30N4O5S. The van der Waals surface area contributed by atoms with Gasteiger partial charge >= 0.3 is 6.09 Å². The summed E-state index contributed by atoms with van der Waals surface area (Å²) in [5.41, 5.74) is 1.03. The quantitative estimate of drug-likeness (QED) is 0.609. The standard InChI is InChI=1S/C19H30N4O5S/c1-4-28-19(25)21-11-10-20-18(24)16-14-15(29(26,27)22(2)3)8-9-17(16)23-12-6-5-7-13-23/h8-9,14H,4-7,10-13H2,1-3H3,(H,20,24)(H,21,25). The smallest absolute Gasteiger partial charge is 0.407 e. The van der Waals surface area contributed by atoms with Crippen LogP contribution < -0.4 is 15.5 Å². The summed E-state index contributed by atoms with van der Waals surface area (Å²) in [7, 11) is -0.756. The van der Waals surface area contributed by atoms with Crippen molar-refractivity contribution in [1.82, 2.24) is 14.9 Å². The summed E-state index contributed by atoms with van der Waals surface area (Å²) in [6.45, 7) is 4.03. The van der Waals surface area contributed by atoms with E-state index in [1.165, 1.54) is 20.2 Å². The van der Waals surface area contributed by atoms with E-state index in [0.717, 1.165) is 42.3 Å². The van der Waals surface area contributed by atoms with Crippen LogP contribution in [0.3, 0.4) is 0 Å². The lowest BCUT2D eigenvalue weighted by Crippen LogP contribution is -2.36. The van der Waals surface area contributed by atoms with Crippen molar-refractivity contribution in [2.75, 3.05) is 51.8 Å². The molecule has 0 aliphatic carbocycles. The first-order valence-corrected chi connectivity index (χ1v) is 11.2. The molecule has 0 spiro atoms. The highest BCUT2D eigenvalue weighted by Crippen LogP contribution is 2.27. The van der Waals surface area contributed by atoms with E-state index in [1.807, 2.05) is 0 Å². The number of rotatable bonds is 8. The summed E-state index contributed by atoms with van der Waals surface area (Å²) in [6.07, 6.45) is 2.66. The number of hydrogen-bond acceptors (Lipinski definition) is 6. The molecule has 0 radical (unpaired) electrons. The van der Waals surface area contributed by atoms with Crippen molar-refractivity contribution in [1.29, 1.82) is 0 Å². The minimum absolute atomic E-state index is 0.0676. The van der Waals surface area contributed by atoms with Crippen LogP contribution >= 0.6 is 0 Å². The van der Waals surface area contributed by atoms with E-state index in [2.05, 4.69) is 15.5 Å². The molecule has 9 nitrogen and oxygen atoms in total. The second kappa shape index (κ2) is 10.4. The molecule has 1 heterocycles. The molecule has 2 rings (SSSR count). The number of sulfonamides is 1. The van der Waals surface area contributed by atoms with Crippen LogP contribution in [0.25, 0.3) is 0 Å². The van der Waals surface area contributed by atoms with Crippen molar-refractivity contribution in [3.05, 3.63) is 23.8 Å². The van der Waals surface area contributed by atoms with Gasteiger partial charge in [0.05, 0.1) is 17.1 Å². The lowest BCUT2D eigenvalue weighted by atomic mass is 10.1. The summed E-state index contributed by atoms with van der Waals surface area (Å²) in [5, 5.41) is 5.27. The number of alkyl carbamates (subject to hydrolysis) is 1. The first-order chi connectivity index (χ1) is 13.8. The van der Waals surface area contributed by atoms with Crippen LogP contribution in [0, 0.1) is 0 Å². The minimum atomic E-state index is -3.66. The van der Waals surface area contributed by atoms with E-state index in [1.54, 1.807) is 19.1 Å². The molecule has 1 aliphatic rings. The molecule has 162 valence electrons. The molecule has 0 atom stereocenters. The van der Waals surface area contributed by atoms with Crippen molar-refractivity contribution < 1.29 is 22.7 Å². The van der Waals surface area contributed by atoms with Gasteiger partial charge in [-0.05, 0) is 44.4 Å². The zero-order valence-electron chi connectivity index (χ0n) is 17.2. The molecule has 2 N–H and O–H groups in total. The Morgan fingerprint density at radius 2 is 1.76 bits per heavy atom. The van der Waals surface area contributed by atoms with E-state index in [0.29, 0.717) is 5.56 Å². The third-order valence-corrected chi connectivity index (χ3v) is 6.45. The van der Waals surface area contributed by atoms with Gasteiger partial charge in [-0.3, -0.25) is 4.79 Å².